The van der Waals surface area contributed by atoms with Crippen LogP contribution in [-0.4, -0.2) is 28.3 Å². The summed E-state index contributed by atoms with van der Waals surface area (Å²) in [5.41, 5.74) is 2.03. The molecule has 0 aliphatic heterocycles. The van der Waals surface area contributed by atoms with Gasteiger partial charge in [-0.1, -0.05) is 6.92 Å². The van der Waals surface area contributed by atoms with Crippen LogP contribution >= 0.6 is 11.3 Å². The SMILES string of the molecule is CCc1nnc(-c2ccc(OC)c(NC(=O)NC(C)c3csc(C)n3)c2)o1. The van der Waals surface area contributed by atoms with E-state index in [0.29, 0.717) is 35.2 Å². The third-order valence-electron chi connectivity index (χ3n) is 3.89. The Labute approximate surface area is 161 Å². The summed E-state index contributed by atoms with van der Waals surface area (Å²) in [6.45, 7) is 5.75. The van der Waals surface area contributed by atoms with Crippen LogP contribution < -0.4 is 15.4 Å². The van der Waals surface area contributed by atoms with Gasteiger partial charge >= 0.3 is 6.03 Å². The van der Waals surface area contributed by atoms with Crippen molar-refractivity contribution in [1.82, 2.24) is 20.5 Å². The number of ether oxygens (including phenoxy) is 1. The van der Waals surface area contributed by atoms with Gasteiger partial charge in [0, 0.05) is 17.4 Å². The summed E-state index contributed by atoms with van der Waals surface area (Å²) in [5.74, 6) is 1.48. The molecule has 1 aromatic carbocycles. The lowest BCUT2D eigenvalue weighted by molar-refractivity contribution is 0.249. The number of hydrogen-bond donors (Lipinski definition) is 2. The van der Waals surface area contributed by atoms with E-state index < -0.39 is 0 Å². The van der Waals surface area contributed by atoms with Crippen LogP contribution in [-0.2, 0) is 6.42 Å². The first-order valence-corrected chi connectivity index (χ1v) is 9.38. The van der Waals surface area contributed by atoms with Crippen molar-refractivity contribution in [2.45, 2.75) is 33.2 Å². The lowest BCUT2D eigenvalue weighted by Crippen LogP contribution is -2.31. The monoisotopic (exact) mass is 387 g/mol. The number of benzene rings is 1. The second-order valence-electron chi connectivity index (χ2n) is 5.88. The molecule has 0 spiro atoms. The van der Waals surface area contributed by atoms with Crippen LogP contribution in [0.4, 0.5) is 10.5 Å². The number of carbonyl (C=O) groups excluding carboxylic acids is 1. The van der Waals surface area contributed by atoms with Crippen molar-refractivity contribution in [2.24, 2.45) is 0 Å². The third kappa shape index (κ3) is 4.43. The molecule has 2 N–H and O–H groups in total. The summed E-state index contributed by atoms with van der Waals surface area (Å²) >= 11 is 1.55. The fourth-order valence-electron chi connectivity index (χ4n) is 2.46. The number of nitrogens with zero attached hydrogens (tertiary/aromatic N) is 3. The maximum Gasteiger partial charge on any atom is 0.319 e. The zero-order chi connectivity index (χ0) is 19.4. The smallest absolute Gasteiger partial charge is 0.319 e. The highest BCUT2D eigenvalue weighted by molar-refractivity contribution is 7.09. The van der Waals surface area contributed by atoms with E-state index in [1.54, 1.807) is 36.6 Å². The first kappa shape index (κ1) is 18.8. The minimum Gasteiger partial charge on any atom is -0.495 e. The highest BCUT2D eigenvalue weighted by Gasteiger charge is 2.16. The predicted molar refractivity (Wildman–Crippen MR) is 103 cm³/mol. The van der Waals surface area contributed by atoms with E-state index in [1.807, 2.05) is 26.2 Å². The first-order chi connectivity index (χ1) is 13.0. The van der Waals surface area contributed by atoms with Gasteiger partial charge in [-0.3, -0.25) is 0 Å². The number of hydrogen-bond acceptors (Lipinski definition) is 7. The second kappa shape index (κ2) is 8.17. The Balaban J connectivity index is 1.76. The Hall–Kier alpha value is -2.94. The maximum atomic E-state index is 12.4. The highest BCUT2D eigenvalue weighted by atomic mass is 32.1. The van der Waals surface area contributed by atoms with E-state index in [0.717, 1.165) is 10.7 Å². The molecule has 3 rings (SSSR count). The largest absolute Gasteiger partial charge is 0.495 e. The molecule has 2 amide bonds. The average Bonchev–Trinajstić information content (AvgIpc) is 3.30. The van der Waals surface area contributed by atoms with E-state index in [2.05, 4.69) is 25.8 Å². The molecule has 27 heavy (non-hydrogen) atoms. The summed E-state index contributed by atoms with van der Waals surface area (Å²) in [6, 6.07) is 4.71. The van der Waals surface area contributed by atoms with Gasteiger partial charge in [-0.25, -0.2) is 9.78 Å². The number of urea groups is 1. The summed E-state index contributed by atoms with van der Waals surface area (Å²) in [7, 11) is 1.54. The molecule has 8 nitrogen and oxygen atoms in total. The van der Waals surface area contributed by atoms with Gasteiger partial charge in [0.25, 0.3) is 0 Å². The van der Waals surface area contributed by atoms with Crippen molar-refractivity contribution >= 4 is 23.1 Å². The predicted octanol–water partition coefficient (Wildman–Crippen LogP) is 3.96. The summed E-state index contributed by atoms with van der Waals surface area (Å²) in [6.07, 6.45) is 0.657. The molecule has 2 heterocycles. The molecule has 0 fully saturated rings. The molecule has 0 saturated carbocycles. The van der Waals surface area contributed by atoms with Crippen LogP contribution in [0.3, 0.4) is 0 Å². The molecule has 9 heteroatoms. The van der Waals surface area contributed by atoms with Crippen molar-refractivity contribution in [3.05, 3.63) is 40.2 Å². The number of amides is 2. The van der Waals surface area contributed by atoms with Crippen LogP contribution in [0.2, 0.25) is 0 Å². The molecule has 1 atom stereocenters. The van der Waals surface area contributed by atoms with Crippen LogP contribution in [0.5, 0.6) is 5.75 Å². The topological polar surface area (TPSA) is 102 Å². The number of nitrogens with one attached hydrogen (secondary N) is 2. The van der Waals surface area contributed by atoms with Crippen LogP contribution in [0.25, 0.3) is 11.5 Å². The molecule has 0 aliphatic carbocycles. The molecule has 0 saturated heterocycles. The second-order valence-corrected chi connectivity index (χ2v) is 6.94. The van der Waals surface area contributed by atoms with Gasteiger partial charge < -0.3 is 19.8 Å². The van der Waals surface area contributed by atoms with Gasteiger partial charge in [0.1, 0.15) is 5.75 Å². The summed E-state index contributed by atoms with van der Waals surface area (Å²) < 4.78 is 10.9. The third-order valence-corrected chi connectivity index (χ3v) is 4.68. The van der Waals surface area contributed by atoms with Crippen LogP contribution in [0, 0.1) is 6.92 Å². The van der Waals surface area contributed by atoms with Crippen molar-refractivity contribution in [1.29, 1.82) is 0 Å². The zero-order valence-electron chi connectivity index (χ0n) is 15.6. The lowest BCUT2D eigenvalue weighted by atomic mass is 10.2. The fraction of sp³-hybridized carbons (Fsp3) is 0.333. The van der Waals surface area contributed by atoms with E-state index in [-0.39, 0.29) is 12.1 Å². The van der Waals surface area contributed by atoms with E-state index in [1.165, 1.54) is 0 Å². The molecule has 3 aromatic rings. The molecule has 0 aliphatic rings. The average molecular weight is 387 g/mol. The summed E-state index contributed by atoms with van der Waals surface area (Å²) in [4.78, 5) is 16.8. The number of carbonyl (C=O) groups is 1. The number of methoxy groups -OCH3 is 1. The normalized spacial score (nSPS) is 11.9. The minimum atomic E-state index is -0.358. The van der Waals surface area contributed by atoms with Gasteiger partial charge in [0.05, 0.1) is 29.5 Å². The Morgan fingerprint density at radius 3 is 2.81 bits per heavy atom. The fourth-order valence-corrected chi connectivity index (χ4v) is 3.17. The van der Waals surface area contributed by atoms with Crippen molar-refractivity contribution in [2.75, 3.05) is 12.4 Å². The van der Waals surface area contributed by atoms with Gasteiger partial charge in [-0.2, -0.15) is 0 Å². The standard InChI is InChI=1S/C18H21N5O3S/c1-5-16-22-23-17(26-16)12-6-7-15(25-4)13(8-12)21-18(24)19-10(2)14-9-27-11(3)20-14/h6-10H,5H2,1-4H3,(H2,19,21,24). The van der Waals surface area contributed by atoms with Crippen molar-refractivity contribution < 1.29 is 13.9 Å². The van der Waals surface area contributed by atoms with Crippen LogP contribution in [0.1, 0.15) is 36.5 Å². The number of thiazole rings is 1. The Morgan fingerprint density at radius 1 is 1.37 bits per heavy atom. The first-order valence-electron chi connectivity index (χ1n) is 8.50. The molecule has 142 valence electrons. The number of anilines is 1. The van der Waals surface area contributed by atoms with Gasteiger partial charge in [-0.15, -0.1) is 21.5 Å². The quantitative estimate of drug-likeness (QED) is 0.664. The maximum absolute atomic E-state index is 12.4. The Kier molecular flexibility index (Phi) is 5.70. The zero-order valence-corrected chi connectivity index (χ0v) is 16.4. The number of aromatic nitrogens is 3. The van der Waals surface area contributed by atoms with E-state index in [9.17, 15) is 4.79 Å². The lowest BCUT2D eigenvalue weighted by Gasteiger charge is -2.15. The number of rotatable bonds is 6. The minimum absolute atomic E-state index is 0.216. The molecule has 0 radical (unpaired) electrons. The summed E-state index contributed by atoms with van der Waals surface area (Å²) in [5, 5.41) is 16.6. The molecule has 1 unspecified atom stereocenters. The van der Waals surface area contributed by atoms with Crippen LogP contribution in [0.15, 0.2) is 28.0 Å². The van der Waals surface area contributed by atoms with Gasteiger partial charge in [0.15, 0.2) is 0 Å². The number of aryl methyl sites for hydroxylation is 2. The molecule has 2 aromatic heterocycles. The highest BCUT2D eigenvalue weighted by Crippen LogP contribution is 2.30. The molecular weight excluding hydrogens is 366 g/mol. The van der Waals surface area contributed by atoms with E-state index >= 15 is 0 Å². The molecule has 0 bridgehead atoms. The van der Waals surface area contributed by atoms with Crippen molar-refractivity contribution in [3.8, 4) is 17.2 Å². The van der Waals surface area contributed by atoms with Crippen molar-refractivity contribution in [3.63, 3.8) is 0 Å². The van der Waals surface area contributed by atoms with Gasteiger partial charge in [-0.05, 0) is 32.0 Å². The molecular formula is C18H21N5O3S. The van der Waals surface area contributed by atoms with Gasteiger partial charge in [0.2, 0.25) is 11.8 Å². The Bertz CT molecular complexity index is 937. The Morgan fingerprint density at radius 2 is 2.19 bits per heavy atom. The van der Waals surface area contributed by atoms with E-state index in [4.69, 9.17) is 9.15 Å².